The number of rotatable bonds is 3. The minimum absolute atomic E-state index is 0.00652. The van der Waals surface area contributed by atoms with Crippen LogP contribution in [0.3, 0.4) is 0 Å². The third-order valence-electron chi connectivity index (χ3n) is 3.79. The molecule has 0 spiro atoms. The predicted molar refractivity (Wildman–Crippen MR) is 89.0 cm³/mol. The molecule has 0 radical (unpaired) electrons. The Bertz CT molecular complexity index is 550. The Morgan fingerprint density at radius 2 is 2.19 bits per heavy atom. The number of carbonyl (C=O) groups is 1. The molecule has 1 aliphatic heterocycles. The molecule has 112 valence electrons. The van der Waals surface area contributed by atoms with Crippen LogP contribution in [0, 0.1) is 11.8 Å². The van der Waals surface area contributed by atoms with Gasteiger partial charge in [0.05, 0.1) is 17.3 Å². The average molecular weight is 302 g/mol. The second kappa shape index (κ2) is 7.02. The van der Waals surface area contributed by atoms with Gasteiger partial charge in [0.1, 0.15) is 0 Å². The largest absolute Gasteiger partial charge is 0.348 e. The number of nitrogens with two attached hydrogens (primary N) is 1. The quantitative estimate of drug-likeness (QED) is 0.843. The standard InChI is InChI=1S/C17H22N2OS/c1-13(19-16(20)17(2)10-4-12-21-17)15-8-6-14(7-9-15)5-3-11-18/h6-9,13H,4,10-12,18H2,1-2H3,(H,19,20). The Kier molecular flexibility index (Phi) is 5.33. The van der Waals surface area contributed by atoms with Crippen molar-refractivity contribution in [2.24, 2.45) is 5.73 Å². The molecule has 0 bridgehead atoms. The normalized spacial score (nSPS) is 22.2. The van der Waals surface area contributed by atoms with Gasteiger partial charge in [-0.3, -0.25) is 4.79 Å². The van der Waals surface area contributed by atoms with Crippen LogP contribution >= 0.6 is 11.8 Å². The van der Waals surface area contributed by atoms with Crippen molar-refractivity contribution < 1.29 is 4.79 Å². The molecular formula is C17H22N2OS. The second-order valence-electron chi connectivity index (χ2n) is 5.51. The summed E-state index contributed by atoms with van der Waals surface area (Å²) in [6.45, 7) is 4.42. The van der Waals surface area contributed by atoms with Crippen molar-refractivity contribution in [1.82, 2.24) is 5.32 Å². The van der Waals surface area contributed by atoms with Gasteiger partial charge < -0.3 is 11.1 Å². The molecule has 1 amide bonds. The van der Waals surface area contributed by atoms with Crippen LogP contribution < -0.4 is 11.1 Å². The lowest BCUT2D eigenvalue weighted by Crippen LogP contribution is -2.41. The number of carbonyl (C=O) groups excluding carboxylic acids is 1. The van der Waals surface area contributed by atoms with Crippen LogP contribution in [0.5, 0.6) is 0 Å². The lowest BCUT2D eigenvalue weighted by atomic mass is 10.0. The van der Waals surface area contributed by atoms with E-state index in [0.717, 1.165) is 29.7 Å². The second-order valence-corrected chi connectivity index (χ2v) is 7.10. The van der Waals surface area contributed by atoms with Crippen LogP contribution in [0.25, 0.3) is 0 Å². The highest BCUT2D eigenvalue weighted by molar-refractivity contribution is 8.01. The van der Waals surface area contributed by atoms with Gasteiger partial charge in [-0.2, -0.15) is 0 Å². The van der Waals surface area contributed by atoms with Gasteiger partial charge in [0.25, 0.3) is 0 Å². The van der Waals surface area contributed by atoms with Crippen molar-refractivity contribution in [2.75, 3.05) is 12.3 Å². The molecule has 2 rings (SSSR count). The van der Waals surface area contributed by atoms with Crippen molar-refractivity contribution in [2.45, 2.75) is 37.5 Å². The highest BCUT2D eigenvalue weighted by atomic mass is 32.2. The molecule has 1 aliphatic rings. The fourth-order valence-corrected chi connectivity index (χ4v) is 3.62. The summed E-state index contributed by atoms with van der Waals surface area (Å²) in [7, 11) is 0. The first kappa shape index (κ1) is 15.9. The topological polar surface area (TPSA) is 55.1 Å². The van der Waals surface area contributed by atoms with E-state index in [2.05, 4.69) is 17.2 Å². The molecule has 1 aromatic carbocycles. The molecule has 1 fully saturated rings. The van der Waals surface area contributed by atoms with Gasteiger partial charge in [-0.1, -0.05) is 24.0 Å². The van der Waals surface area contributed by atoms with Gasteiger partial charge in [0.15, 0.2) is 0 Å². The van der Waals surface area contributed by atoms with Crippen molar-refractivity contribution in [3.8, 4) is 11.8 Å². The molecule has 21 heavy (non-hydrogen) atoms. The maximum Gasteiger partial charge on any atom is 0.236 e. The minimum Gasteiger partial charge on any atom is -0.348 e. The molecule has 3 nitrogen and oxygen atoms in total. The molecule has 0 aromatic heterocycles. The Hall–Kier alpha value is -1.44. The van der Waals surface area contributed by atoms with Crippen LogP contribution in [-0.2, 0) is 4.79 Å². The molecule has 3 N–H and O–H groups in total. The molecule has 2 atom stereocenters. The number of hydrogen-bond acceptors (Lipinski definition) is 3. The fraction of sp³-hybridized carbons (Fsp3) is 0.471. The maximum absolute atomic E-state index is 12.4. The molecular weight excluding hydrogens is 280 g/mol. The van der Waals surface area contributed by atoms with Gasteiger partial charge in [-0.25, -0.2) is 0 Å². The van der Waals surface area contributed by atoms with Crippen LogP contribution in [0.1, 0.15) is 43.9 Å². The zero-order chi connectivity index (χ0) is 15.3. The summed E-state index contributed by atoms with van der Waals surface area (Å²) in [6.07, 6.45) is 2.08. The lowest BCUT2D eigenvalue weighted by molar-refractivity contribution is -0.123. The van der Waals surface area contributed by atoms with Gasteiger partial charge in [-0.15, -0.1) is 11.8 Å². The summed E-state index contributed by atoms with van der Waals surface area (Å²) in [4.78, 5) is 12.4. The SMILES string of the molecule is CC(NC(=O)C1(C)CCCS1)c1ccc(C#CCN)cc1. The Morgan fingerprint density at radius 3 is 2.76 bits per heavy atom. The van der Waals surface area contributed by atoms with E-state index in [1.807, 2.05) is 38.1 Å². The number of hydrogen-bond donors (Lipinski definition) is 2. The highest BCUT2D eigenvalue weighted by Gasteiger charge is 2.37. The first-order valence-corrected chi connectivity index (χ1v) is 8.27. The average Bonchev–Trinajstić information content (AvgIpc) is 2.94. The predicted octanol–water partition coefficient (Wildman–Crippen LogP) is 2.46. The van der Waals surface area contributed by atoms with E-state index in [1.165, 1.54) is 0 Å². The van der Waals surface area contributed by atoms with Crippen molar-refractivity contribution >= 4 is 17.7 Å². The Balaban J connectivity index is 1.99. The van der Waals surface area contributed by atoms with E-state index in [1.54, 1.807) is 11.8 Å². The first-order chi connectivity index (χ1) is 10.0. The molecule has 1 heterocycles. The molecule has 4 heteroatoms. The third-order valence-corrected chi connectivity index (χ3v) is 5.31. The summed E-state index contributed by atoms with van der Waals surface area (Å²) < 4.78 is -0.263. The van der Waals surface area contributed by atoms with Crippen molar-refractivity contribution in [3.05, 3.63) is 35.4 Å². The Labute approximate surface area is 131 Å². The fourth-order valence-electron chi connectivity index (χ4n) is 2.40. The molecule has 0 aliphatic carbocycles. The van der Waals surface area contributed by atoms with E-state index in [4.69, 9.17) is 5.73 Å². The van der Waals surface area contributed by atoms with Gasteiger partial charge in [-0.05, 0) is 50.1 Å². The molecule has 1 aromatic rings. The maximum atomic E-state index is 12.4. The number of amides is 1. The van der Waals surface area contributed by atoms with E-state index in [0.29, 0.717) is 6.54 Å². The molecule has 2 unspecified atom stereocenters. The summed E-state index contributed by atoms with van der Waals surface area (Å²) >= 11 is 1.76. The van der Waals surface area contributed by atoms with Crippen LogP contribution in [0.4, 0.5) is 0 Å². The number of nitrogens with one attached hydrogen (secondary N) is 1. The van der Waals surface area contributed by atoms with Crippen molar-refractivity contribution in [3.63, 3.8) is 0 Å². The smallest absolute Gasteiger partial charge is 0.236 e. The van der Waals surface area contributed by atoms with E-state index in [-0.39, 0.29) is 16.7 Å². The summed E-state index contributed by atoms with van der Waals surface area (Å²) in [5.74, 6) is 7.05. The van der Waals surface area contributed by atoms with E-state index >= 15 is 0 Å². The lowest BCUT2D eigenvalue weighted by Gasteiger charge is -2.24. The zero-order valence-corrected chi connectivity index (χ0v) is 13.4. The highest BCUT2D eigenvalue weighted by Crippen LogP contribution is 2.38. The minimum atomic E-state index is -0.263. The van der Waals surface area contributed by atoms with Crippen LogP contribution in [0.15, 0.2) is 24.3 Å². The molecule has 1 saturated heterocycles. The monoisotopic (exact) mass is 302 g/mol. The van der Waals surface area contributed by atoms with Gasteiger partial charge in [0.2, 0.25) is 5.91 Å². The van der Waals surface area contributed by atoms with E-state index in [9.17, 15) is 4.79 Å². The van der Waals surface area contributed by atoms with Gasteiger partial charge in [0, 0.05) is 5.56 Å². The van der Waals surface area contributed by atoms with E-state index < -0.39 is 0 Å². The number of thioether (sulfide) groups is 1. The molecule has 0 saturated carbocycles. The van der Waals surface area contributed by atoms with Gasteiger partial charge >= 0.3 is 0 Å². The summed E-state index contributed by atoms with van der Waals surface area (Å²) in [5.41, 5.74) is 7.39. The van der Waals surface area contributed by atoms with Crippen LogP contribution in [-0.4, -0.2) is 23.0 Å². The summed E-state index contributed by atoms with van der Waals surface area (Å²) in [5, 5.41) is 3.13. The van der Waals surface area contributed by atoms with Crippen molar-refractivity contribution in [1.29, 1.82) is 0 Å². The zero-order valence-electron chi connectivity index (χ0n) is 12.6. The Morgan fingerprint density at radius 1 is 1.48 bits per heavy atom. The first-order valence-electron chi connectivity index (χ1n) is 7.29. The van der Waals surface area contributed by atoms with Crippen LogP contribution in [0.2, 0.25) is 0 Å². The number of benzene rings is 1. The summed E-state index contributed by atoms with van der Waals surface area (Å²) in [6, 6.07) is 7.96. The third kappa shape index (κ3) is 4.03.